The molecular formula is C12H17ClFN. The van der Waals surface area contributed by atoms with Gasteiger partial charge in [0.15, 0.2) is 0 Å². The Morgan fingerprint density at radius 1 is 1.33 bits per heavy atom. The minimum absolute atomic E-state index is 0.192. The molecule has 1 aromatic rings. The first-order valence-electron chi connectivity index (χ1n) is 5.04. The third-order valence-corrected chi connectivity index (χ3v) is 2.37. The molecule has 0 radical (unpaired) electrons. The summed E-state index contributed by atoms with van der Waals surface area (Å²) in [6.07, 6.45) is 0. The van der Waals surface area contributed by atoms with E-state index in [0.29, 0.717) is 17.1 Å². The maximum absolute atomic E-state index is 13.3. The molecular weight excluding hydrogens is 213 g/mol. The lowest BCUT2D eigenvalue weighted by atomic mass is 9.97. The van der Waals surface area contributed by atoms with Crippen molar-refractivity contribution in [3.8, 4) is 0 Å². The zero-order valence-electron chi connectivity index (χ0n) is 9.40. The SMILES string of the molecule is CC(C)(C)CNCc1c(F)cccc1Cl. The fourth-order valence-electron chi connectivity index (χ4n) is 1.26. The molecule has 0 heterocycles. The molecule has 0 saturated carbocycles. The van der Waals surface area contributed by atoms with Gasteiger partial charge in [0, 0.05) is 23.7 Å². The first-order chi connectivity index (χ1) is 6.90. The fourth-order valence-corrected chi connectivity index (χ4v) is 1.49. The molecule has 0 aliphatic heterocycles. The predicted molar refractivity (Wildman–Crippen MR) is 62.6 cm³/mol. The van der Waals surface area contributed by atoms with Crippen LogP contribution in [0.3, 0.4) is 0 Å². The van der Waals surface area contributed by atoms with Gasteiger partial charge in [-0.2, -0.15) is 0 Å². The van der Waals surface area contributed by atoms with Crippen LogP contribution in [-0.4, -0.2) is 6.54 Å². The average molecular weight is 230 g/mol. The third-order valence-electron chi connectivity index (χ3n) is 2.02. The van der Waals surface area contributed by atoms with Crippen molar-refractivity contribution < 1.29 is 4.39 Å². The van der Waals surface area contributed by atoms with Gasteiger partial charge in [-0.1, -0.05) is 38.4 Å². The minimum Gasteiger partial charge on any atom is -0.312 e. The van der Waals surface area contributed by atoms with Gasteiger partial charge in [0.25, 0.3) is 0 Å². The van der Waals surface area contributed by atoms with Gasteiger partial charge in [0.1, 0.15) is 5.82 Å². The van der Waals surface area contributed by atoms with Gasteiger partial charge in [0.05, 0.1) is 0 Å². The zero-order valence-corrected chi connectivity index (χ0v) is 10.2. The summed E-state index contributed by atoms with van der Waals surface area (Å²) in [5.74, 6) is -0.246. The van der Waals surface area contributed by atoms with Crippen molar-refractivity contribution in [1.29, 1.82) is 0 Å². The van der Waals surface area contributed by atoms with Crippen LogP contribution in [0.2, 0.25) is 5.02 Å². The molecule has 0 spiro atoms. The highest BCUT2D eigenvalue weighted by Crippen LogP contribution is 2.19. The van der Waals surface area contributed by atoms with Gasteiger partial charge in [-0.15, -0.1) is 0 Å². The van der Waals surface area contributed by atoms with Crippen LogP contribution in [-0.2, 0) is 6.54 Å². The number of benzene rings is 1. The van der Waals surface area contributed by atoms with E-state index in [1.54, 1.807) is 12.1 Å². The molecule has 1 nitrogen and oxygen atoms in total. The van der Waals surface area contributed by atoms with E-state index in [0.717, 1.165) is 6.54 Å². The van der Waals surface area contributed by atoms with Crippen molar-refractivity contribution in [2.75, 3.05) is 6.54 Å². The van der Waals surface area contributed by atoms with E-state index in [1.807, 2.05) is 0 Å². The first kappa shape index (κ1) is 12.5. The number of halogens is 2. The second-order valence-corrected chi connectivity index (χ2v) is 5.27. The smallest absolute Gasteiger partial charge is 0.129 e. The summed E-state index contributed by atoms with van der Waals surface area (Å²) in [4.78, 5) is 0. The van der Waals surface area contributed by atoms with E-state index < -0.39 is 0 Å². The van der Waals surface area contributed by atoms with Crippen LogP contribution in [0.1, 0.15) is 26.3 Å². The molecule has 0 aliphatic carbocycles. The summed E-state index contributed by atoms with van der Waals surface area (Å²) in [6, 6.07) is 4.75. The molecule has 15 heavy (non-hydrogen) atoms. The largest absolute Gasteiger partial charge is 0.312 e. The van der Waals surface area contributed by atoms with Crippen molar-refractivity contribution in [3.05, 3.63) is 34.6 Å². The Hall–Kier alpha value is -0.600. The number of hydrogen-bond acceptors (Lipinski definition) is 1. The van der Waals surface area contributed by atoms with Crippen LogP contribution in [0.5, 0.6) is 0 Å². The highest BCUT2D eigenvalue weighted by atomic mass is 35.5. The van der Waals surface area contributed by atoms with Gasteiger partial charge >= 0.3 is 0 Å². The van der Waals surface area contributed by atoms with Gasteiger partial charge in [-0.25, -0.2) is 4.39 Å². The molecule has 1 N–H and O–H groups in total. The molecule has 1 aromatic carbocycles. The first-order valence-corrected chi connectivity index (χ1v) is 5.41. The van der Waals surface area contributed by atoms with Crippen molar-refractivity contribution >= 4 is 11.6 Å². The van der Waals surface area contributed by atoms with E-state index >= 15 is 0 Å². The molecule has 1 rings (SSSR count). The molecule has 0 amide bonds. The van der Waals surface area contributed by atoms with Crippen molar-refractivity contribution in [2.24, 2.45) is 5.41 Å². The van der Waals surface area contributed by atoms with E-state index in [2.05, 4.69) is 26.1 Å². The Kier molecular flexibility index (Phi) is 4.12. The topological polar surface area (TPSA) is 12.0 Å². The summed E-state index contributed by atoms with van der Waals surface area (Å²) in [7, 11) is 0. The molecule has 0 fully saturated rings. The molecule has 0 atom stereocenters. The van der Waals surface area contributed by atoms with Crippen molar-refractivity contribution in [3.63, 3.8) is 0 Å². The quantitative estimate of drug-likeness (QED) is 0.835. The highest BCUT2D eigenvalue weighted by molar-refractivity contribution is 6.31. The molecule has 0 bridgehead atoms. The van der Waals surface area contributed by atoms with Crippen LogP contribution in [0.25, 0.3) is 0 Å². The number of nitrogens with one attached hydrogen (secondary N) is 1. The van der Waals surface area contributed by atoms with E-state index in [9.17, 15) is 4.39 Å². The lowest BCUT2D eigenvalue weighted by molar-refractivity contribution is 0.377. The van der Waals surface area contributed by atoms with Crippen molar-refractivity contribution in [2.45, 2.75) is 27.3 Å². The van der Waals surface area contributed by atoms with E-state index in [-0.39, 0.29) is 11.2 Å². The van der Waals surface area contributed by atoms with Crippen LogP contribution >= 0.6 is 11.6 Å². The molecule has 0 aliphatic rings. The third kappa shape index (κ3) is 4.18. The number of rotatable bonds is 3. The average Bonchev–Trinajstić information content (AvgIpc) is 2.08. The van der Waals surface area contributed by atoms with Crippen LogP contribution < -0.4 is 5.32 Å². The predicted octanol–water partition coefficient (Wildman–Crippen LogP) is 3.61. The second-order valence-electron chi connectivity index (χ2n) is 4.86. The Morgan fingerprint density at radius 2 is 2.00 bits per heavy atom. The Bertz CT molecular complexity index is 311. The van der Waals surface area contributed by atoms with Gasteiger partial charge < -0.3 is 5.32 Å². The Balaban J connectivity index is 2.58. The fraction of sp³-hybridized carbons (Fsp3) is 0.500. The highest BCUT2D eigenvalue weighted by Gasteiger charge is 2.11. The monoisotopic (exact) mass is 229 g/mol. The molecule has 0 aromatic heterocycles. The Labute approximate surface area is 95.6 Å². The maximum atomic E-state index is 13.3. The molecule has 3 heteroatoms. The van der Waals surface area contributed by atoms with Crippen molar-refractivity contribution in [1.82, 2.24) is 5.32 Å². The van der Waals surface area contributed by atoms with E-state index in [4.69, 9.17) is 11.6 Å². The number of hydrogen-bond donors (Lipinski definition) is 1. The van der Waals surface area contributed by atoms with Gasteiger partial charge in [-0.3, -0.25) is 0 Å². The van der Waals surface area contributed by atoms with Gasteiger partial charge in [-0.05, 0) is 17.5 Å². The zero-order chi connectivity index (χ0) is 11.5. The second kappa shape index (κ2) is 4.95. The maximum Gasteiger partial charge on any atom is 0.129 e. The van der Waals surface area contributed by atoms with Gasteiger partial charge in [0.2, 0.25) is 0 Å². The summed E-state index contributed by atoms with van der Waals surface area (Å²) in [6.45, 7) is 7.69. The molecule has 84 valence electrons. The lowest BCUT2D eigenvalue weighted by Crippen LogP contribution is -2.26. The summed E-state index contributed by atoms with van der Waals surface area (Å²) < 4.78 is 13.3. The van der Waals surface area contributed by atoms with Crippen LogP contribution in [0, 0.1) is 11.2 Å². The standard InChI is InChI=1S/C12H17ClFN/c1-12(2,3)8-15-7-9-10(13)5-4-6-11(9)14/h4-6,15H,7-8H2,1-3H3. The lowest BCUT2D eigenvalue weighted by Gasteiger charge is -2.19. The summed E-state index contributed by atoms with van der Waals surface area (Å²) in [5.41, 5.74) is 0.737. The summed E-state index contributed by atoms with van der Waals surface area (Å²) in [5, 5.41) is 3.68. The Morgan fingerprint density at radius 3 is 2.53 bits per heavy atom. The summed E-state index contributed by atoms with van der Waals surface area (Å²) >= 11 is 5.90. The van der Waals surface area contributed by atoms with Crippen LogP contribution in [0.15, 0.2) is 18.2 Å². The molecule has 0 unspecified atom stereocenters. The minimum atomic E-state index is -0.246. The van der Waals surface area contributed by atoms with Crippen LogP contribution in [0.4, 0.5) is 4.39 Å². The van der Waals surface area contributed by atoms with E-state index in [1.165, 1.54) is 6.07 Å². The normalized spacial score (nSPS) is 11.8. The molecule has 0 saturated heterocycles.